The van der Waals surface area contributed by atoms with Crippen LogP contribution in [0.3, 0.4) is 0 Å². The number of hydrogen-bond donors (Lipinski definition) is 2. The number of ether oxygens (including phenoxy) is 1. The van der Waals surface area contributed by atoms with Crippen LogP contribution in [-0.4, -0.2) is 36.3 Å². The van der Waals surface area contributed by atoms with Crippen molar-refractivity contribution < 1.29 is 4.74 Å². The molecule has 0 amide bonds. The summed E-state index contributed by atoms with van der Waals surface area (Å²) in [5.41, 5.74) is 0. The van der Waals surface area contributed by atoms with Crippen LogP contribution in [0.5, 0.6) is 0 Å². The molecule has 5 nitrogen and oxygen atoms in total. The van der Waals surface area contributed by atoms with Gasteiger partial charge in [-0.1, -0.05) is 13.8 Å². The number of nitrogens with one attached hydrogen (secondary N) is 2. The van der Waals surface area contributed by atoms with Crippen molar-refractivity contribution >= 4 is 11.6 Å². The zero-order valence-electron chi connectivity index (χ0n) is 12.1. The fourth-order valence-electron chi connectivity index (χ4n) is 2.18. The van der Waals surface area contributed by atoms with Crippen LogP contribution < -0.4 is 10.6 Å². The zero-order valence-corrected chi connectivity index (χ0v) is 12.1. The van der Waals surface area contributed by atoms with E-state index >= 15 is 0 Å². The fraction of sp³-hybridized carbons (Fsp3) is 0.714. The summed E-state index contributed by atoms with van der Waals surface area (Å²) >= 11 is 0. The van der Waals surface area contributed by atoms with Gasteiger partial charge in [0, 0.05) is 32.2 Å². The summed E-state index contributed by atoms with van der Waals surface area (Å²) in [6.45, 7) is 6.01. The summed E-state index contributed by atoms with van der Waals surface area (Å²) in [5.74, 6) is 2.94. The molecule has 0 spiro atoms. The Balaban J connectivity index is 1.92. The molecule has 1 aliphatic heterocycles. The van der Waals surface area contributed by atoms with E-state index in [0.717, 1.165) is 37.0 Å². The van der Waals surface area contributed by atoms with Gasteiger partial charge in [0.2, 0.25) is 0 Å². The predicted molar refractivity (Wildman–Crippen MR) is 77.7 cm³/mol. The van der Waals surface area contributed by atoms with E-state index in [0.29, 0.717) is 12.0 Å². The van der Waals surface area contributed by atoms with Crippen LogP contribution in [0.1, 0.15) is 44.9 Å². The lowest BCUT2D eigenvalue weighted by Gasteiger charge is -2.13. The van der Waals surface area contributed by atoms with Crippen LogP contribution >= 0.6 is 0 Å². The topological polar surface area (TPSA) is 59.1 Å². The third kappa shape index (κ3) is 4.06. The minimum Gasteiger partial charge on any atom is -0.378 e. The van der Waals surface area contributed by atoms with Gasteiger partial charge in [0.05, 0.1) is 6.10 Å². The van der Waals surface area contributed by atoms with Crippen molar-refractivity contribution in [1.29, 1.82) is 0 Å². The van der Waals surface area contributed by atoms with Gasteiger partial charge in [-0.3, -0.25) is 0 Å². The highest BCUT2D eigenvalue weighted by atomic mass is 16.5. The molecule has 1 fully saturated rings. The molecule has 2 heterocycles. The molecule has 1 saturated heterocycles. The SMILES string of the molecule is CNc1cc(NCCC2CCCO2)nc(C(C)C)n1. The van der Waals surface area contributed by atoms with Gasteiger partial charge in [0.1, 0.15) is 17.5 Å². The Kier molecular flexibility index (Phi) is 4.96. The second-order valence-corrected chi connectivity index (χ2v) is 5.25. The summed E-state index contributed by atoms with van der Waals surface area (Å²) in [7, 11) is 1.88. The Labute approximate surface area is 115 Å². The van der Waals surface area contributed by atoms with Crippen LogP contribution in [0.2, 0.25) is 0 Å². The second-order valence-electron chi connectivity index (χ2n) is 5.25. The zero-order chi connectivity index (χ0) is 13.7. The minimum absolute atomic E-state index is 0.326. The molecule has 0 aromatic carbocycles. The van der Waals surface area contributed by atoms with Crippen LogP contribution in [0, 0.1) is 0 Å². The summed E-state index contributed by atoms with van der Waals surface area (Å²) in [4.78, 5) is 8.99. The molecule has 0 aliphatic carbocycles. The lowest BCUT2D eigenvalue weighted by atomic mass is 10.2. The lowest BCUT2D eigenvalue weighted by Crippen LogP contribution is -2.14. The van der Waals surface area contributed by atoms with E-state index in [9.17, 15) is 0 Å². The van der Waals surface area contributed by atoms with Crippen LogP contribution in [0.15, 0.2) is 6.07 Å². The first kappa shape index (κ1) is 14.1. The standard InChI is InChI=1S/C14H24N4O/c1-10(2)14-17-12(15-3)9-13(18-14)16-7-6-11-5-4-8-19-11/h9-11H,4-8H2,1-3H3,(H2,15,16,17,18). The van der Waals surface area contributed by atoms with Gasteiger partial charge >= 0.3 is 0 Å². The minimum atomic E-state index is 0.326. The molecule has 1 atom stereocenters. The molecule has 5 heteroatoms. The van der Waals surface area contributed by atoms with Crippen molar-refractivity contribution in [2.24, 2.45) is 0 Å². The van der Waals surface area contributed by atoms with Crippen LogP contribution in [0.25, 0.3) is 0 Å². The molecule has 1 aromatic rings. The van der Waals surface area contributed by atoms with Gasteiger partial charge in [0.15, 0.2) is 0 Å². The van der Waals surface area contributed by atoms with Crippen LogP contribution in [0.4, 0.5) is 11.6 Å². The average Bonchev–Trinajstić information content (AvgIpc) is 2.91. The van der Waals surface area contributed by atoms with Crippen molar-refractivity contribution in [3.8, 4) is 0 Å². The fourth-order valence-corrected chi connectivity index (χ4v) is 2.18. The maximum Gasteiger partial charge on any atom is 0.135 e. The highest BCUT2D eigenvalue weighted by molar-refractivity contribution is 5.47. The largest absolute Gasteiger partial charge is 0.378 e. The molecule has 1 aliphatic rings. The van der Waals surface area contributed by atoms with Crippen molar-refractivity contribution in [2.75, 3.05) is 30.8 Å². The predicted octanol–water partition coefficient (Wildman–Crippen LogP) is 2.62. The van der Waals surface area contributed by atoms with Gasteiger partial charge in [-0.25, -0.2) is 9.97 Å². The summed E-state index contributed by atoms with van der Waals surface area (Å²) in [6, 6.07) is 1.95. The Morgan fingerprint density at radius 1 is 1.37 bits per heavy atom. The lowest BCUT2D eigenvalue weighted by molar-refractivity contribution is 0.107. The molecule has 2 N–H and O–H groups in total. The smallest absolute Gasteiger partial charge is 0.135 e. The average molecular weight is 264 g/mol. The Bertz CT molecular complexity index is 402. The molecule has 106 valence electrons. The van der Waals surface area contributed by atoms with Crippen molar-refractivity contribution in [3.63, 3.8) is 0 Å². The molecule has 0 radical (unpaired) electrons. The summed E-state index contributed by atoms with van der Waals surface area (Å²) in [6.07, 6.45) is 3.84. The first-order valence-electron chi connectivity index (χ1n) is 7.11. The Hall–Kier alpha value is -1.36. The van der Waals surface area contributed by atoms with Crippen molar-refractivity contribution in [2.45, 2.75) is 45.1 Å². The third-order valence-electron chi connectivity index (χ3n) is 3.31. The molecular weight excluding hydrogens is 240 g/mol. The van der Waals surface area contributed by atoms with Gasteiger partial charge in [-0.2, -0.15) is 0 Å². The third-order valence-corrected chi connectivity index (χ3v) is 3.31. The van der Waals surface area contributed by atoms with E-state index in [2.05, 4.69) is 34.4 Å². The summed E-state index contributed by atoms with van der Waals surface area (Å²) in [5, 5.41) is 6.45. The van der Waals surface area contributed by atoms with Gasteiger partial charge in [0.25, 0.3) is 0 Å². The van der Waals surface area contributed by atoms with Crippen molar-refractivity contribution in [3.05, 3.63) is 11.9 Å². The highest BCUT2D eigenvalue weighted by Gasteiger charge is 2.15. The Morgan fingerprint density at radius 3 is 2.79 bits per heavy atom. The molecule has 2 rings (SSSR count). The number of nitrogens with zero attached hydrogens (tertiary/aromatic N) is 2. The molecule has 1 aromatic heterocycles. The van der Waals surface area contributed by atoms with Gasteiger partial charge in [-0.15, -0.1) is 0 Å². The van der Waals surface area contributed by atoms with E-state index < -0.39 is 0 Å². The van der Waals surface area contributed by atoms with E-state index in [1.807, 2.05) is 13.1 Å². The number of rotatable bonds is 6. The monoisotopic (exact) mass is 264 g/mol. The summed E-state index contributed by atoms with van der Waals surface area (Å²) < 4.78 is 5.61. The quantitative estimate of drug-likeness (QED) is 0.827. The number of anilines is 2. The molecular formula is C14H24N4O. The highest BCUT2D eigenvalue weighted by Crippen LogP contribution is 2.18. The molecule has 19 heavy (non-hydrogen) atoms. The Morgan fingerprint density at radius 2 is 2.16 bits per heavy atom. The first-order chi connectivity index (χ1) is 9.19. The van der Waals surface area contributed by atoms with E-state index in [1.165, 1.54) is 12.8 Å². The maximum absolute atomic E-state index is 5.61. The van der Waals surface area contributed by atoms with Crippen LogP contribution in [-0.2, 0) is 4.74 Å². The molecule has 0 bridgehead atoms. The van der Waals surface area contributed by atoms with Gasteiger partial charge < -0.3 is 15.4 Å². The number of aromatic nitrogens is 2. The van der Waals surface area contributed by atoms with E-state index in [4.69, 9.17) is 4.74 Å². The maximum atomic E-state index is 5.61. The van der Waals surface area contributed by atoms with E-state index in [1.54, 1.807) is 0 Å². The van der Waals surface area contributed by atoms with Crippen molar-refractivity contribution in [1.82, 2.24) is 9.97 Å². The van der Waals surface area contributed by atoms with Gasteiger partial charge in [-0.05, 0) is 19.3 Å². The number of hydrogen-bond acceptors (Lipinski definition) is 5. The molecule has 0 saturated carbocycles. The second kappa shape index (κ2) is 6.70. The normalized spacial score (nSPS) is 18.8. The molecule has 1 unspecified atom stereocenters. The first-order valence-corrected chi connectivity index (χ1v) is 7.11. The van der Waals surface area contributed by atoms with E-state index in [-0.39, 0.29) is 0 Å².